The van der Waals surface area contributed by atoms with Crippen LogP contribution in [0.5, 0.6) is 11.5 Å². The molecule has 5 heteroatoms. The second-order valence-electron chi connectivity index (χ2n) is 5.00. The van der Waals surface area contributed by atoms with Crippen molar-refractivity contribution in [2.45, 2.75) is 6.04 Å². The van der Waals surface area contributed by atoms with Crippen molar-refractivity contribution in [1.82, 2.24) is 10.2 Å². The Bertz CT molecular complexity index is 695. The monoisotopic (exact) mass is 280 g/mol. The minimum Gasteiger partial charge on any atom is -0.457 e. The third-order valence-electron chi connectivity index (χ3n) is 3.78. The van der Waals surface area contributed by atoms with Gasteiger partial charge in [-0.15, -0.1) is 0 Å². The topological polar surface area (TPSA) is 58.6 Å². The number of amides is 3. The number of hydrogen-bond donors (Lipinski definition) is 1. The van der Waals surface area contributed by atoms with Gasteiger partial charge in [0.1, 0.15) is 11.5 Å². The number of ether oxygens (including phenoxy) is 1. The first-order chi connectivity index (χ1) is 10.3. The number of imide groups is 1. The van der Waals surface area contributed by atoms with E-state index in [1.807, 2.05) is 48.5 Å². The fraction of sp³-hybridized carbons (Fsp3) is 0.125. The molecule has 1 saturated heterocycles. The summed E-state index contributed by atoms with van der Waals surface area (Å²) < 4.78 is 5.87. The van der Waals surface area contributed by atoms with Crippen LogP contribution in [-0.4, -0.2) is 23.4 Å². The zero-order valence-corrected chi connectivity index (χ0v) is 11.1. The van der Waals surface area contributed by atoms with Crippen LogP contribution in [0, 0.1) is 0 Å². The van der Waals surface area contributed by atoms with Gasteiger partial charge >= 0.3 is 6.03 Å². The molecule has 0 atom stereocenters. The molecule has 5 nitrogen and oxygen atoms in total. The molecule has 4 rings (SSSR count). The average Bonchev–Trinajstić information content (AvgIpc) is 2.84. The van der Waals surface area contributed by atoms with Crippen LogP contribution in [0.3, 0.4) is 0 Å². The zero-order chi connectivity index (χ0) is 14.4. The number of para-hydroxylation sites is 2. The van der Waals surface area contributed by atoms with E-state index in [2.05, 4.69) is 5.32 Å². The molecule has 0 radical (unpaired) electrons. The van der Waals surface area contributed by atoms with Crippen LogP contribution < -0.4 is 10.1 Å². The predicted molar refractivity (Wildman–Crippen MR) is 75.0 cm³/mol. The van der Waals surface area contributed by atoms with Gasteiger partial charge in [-0.3, -0.25) is 9.69 Å². The van der Waals surface area contributed by atoms with Gasteiger partial charge in [0.25, 0.3) is 5.91 Å². The van der Waals surface area contributed by atoms with E-state index < -0.39 is 6.04 Å². The number of carbonyl (C=O) groups excluding carboxylic acids is 2. The molecule has 2 aliphatic heterocycles. The lowest BCUT2D eigenvalue weighted by Crippen LogP contribution is -2.36. The highest BCUT2D eigenvalue weighted by Crippen LogP contribution is 2.45. The van der Waals surface area contributed by atoms with E-state index in [9.17, 15) is 9.59 Å². The smallest absolute Gasteiger partial charge is 0.325 e. The normalized spacial score (nSPS) is 17.0. The fourth-order valence-corrected chi connectivity index (χ4v) is 2.86. The highest BCUT2D eigenvalue weighted by atomic mass is 16.5. The highest BCUT2D eigenvalue weighted by Gasteiger charge is 2.40. The molecule has 1 N–H and O–H groups in total. The van der Waals surface area contributed by atoms with Gasteiger partial charge in [0, 0.05) is 11.1 Å². The molecular formula is C16H12N2O3. The summed E-state index contributed by atoms with van der Waals surface area (Å²) in [6.07, 6.45) is 0. The van der Waals surface area contributed by atoms with Gasteiger partial charge in [-0.05, 0) is 12.1 Å². The molecule has 1 fully saturated rings. The van der Waals surface area contributed by atoms with Crippen LogP contribution in [0.2, 0.25) is 0 Å². The van der Waals surface area contributed by atoms with E-state index in [1.165, 1.54) is 4.90 Å². The summed E-state index contributed by atoms with van der Waals surface area (Å²) in [4.78, 5) is 25.4. The molecule has 0 unspecified atom stereocenters. The van der Waals surface area contributed by atoms with E-state index in [0.29, 0.717) is 11.5 Å². The Morgan fingerprint density at radius 2 is 1.52 bits per heavy atom. The zero-order valence-electron chi connectivity index (χ0n) is 11.1. The Morgan fingerprint density at radius 1 is 0.952 bits per heavy atom. The maximum atomic E-state index is 12.1. The minimum atomic E-state index is -0.443. The van der Waals surface area contributed by atoms with Crippen LogP contribution in [0.25, 0.3) is 0 Å². The van der Waals surface area contributed by atoms with E-state index in [1.54, 1.807) is 0 Å². The molecule has 2 aliphatic rings. The van der Waals surface area contributed by atoms with Crippen LogP contribution >= 0.6 is 0 Å². The first kappa shape index (κ1) is 12.0. The Kier molecular flexibility index (Phi) is 2.47. The first-order valence-corrected chi connectivity index (χ1v) is 6.71. The van der Waals surface area contributed by atoms with Crippen molar-refractivity contribution in [3.05, 3.63) is 59.7 Å². The van der Waals surface area contributed by atoms with Crippen LogP contribution in [-0.2, 0) is 4.79 Å². The number of nitrogens with zero attached hydrogens (tertiary/aromatic N) is 1. The molecule has 0 aromatic heterocycles. The molecule has 2 aromatic rings. The van der Waals surface area contributed by atoms with Crippen LogP contribution in [0.4, 0.5) is 4.79 Å². The van der Waals surface area contributed by atoms with Crippen LogP contribution in [0.1, 0.15) is 17.2 Å². The lowest BCUT2D eigenvalue weighted by molar-refractivity contribution is -0.126. The Hall–Kier alpha value is -2.82. The SMILES string of the molecule is O=C1CNC(=O)N1C1c2ccccc2Oc2ccccc21. The molecule has 2 aromatic carbocycles. The molecular weight excluding hydrogens is 268 g/mol. The van der Waals surface area contributed by atoms with Crippen molar-refractivity contribution < 1.29 is 14.3 Å². The van der Waals surface area contributed by atoms with E-state index >= 15 is 0 Å². The van der Waals surface area contributed by atoms with Gasteiger partial charge in [0.05, 0.1) is 12.6 Å². The van der Waals surface area contributed by atoms with E-state index in [4.69, 9.17) is 4.74 Å². The van der Waals surface area contributed by atoms with Gasteiger partial charge in [-0.2, -0.15) is 0 Å². The largest absolute Gasteiger partial charge is 0.457 e. The van der Waals surface area contributed by atoms with Gasteiger partial charge in [0.2, 0.25) is 0 Å². The summed E-state index contributed by atoms with van der Waals surface area (Å²) in [5.74, 6) is 1.12. The number of hydrogen-bond acceptors (Lipinski definition) is 3. The quantitative estimate of drug-likeness (QED) is 0.816. The second kappa shape index (κ2) is 4.34. The molecule has 0 bridgehead atoms. The molecule has 2 heterocycles. The summed E-state index contributed by atoms with van der Waals surface area (Å²) in [5.41, 5.74) is 1.64. The summed E-state index contributed by atoms with van der Waals surface area (Å²) >= 11 is 0. The molecule has 0 spiro atoms. The predicted octanol–water partition coefficient (Wildman–Crippen LogP) is 2.43. The van der Waals surface area contributed by atoms with Gasteiger partial charge in [0.15, 0.2) is 0 Å². The van der Waals surface area contributed by atoms with E-state index in [-0.39, 0.29) is 18.5 Å². The van der Waals surface area contributed by atoms with Crippen molar-refractivity contribution >= 4 is 11.9 Å². The average molecular weight is 280 g/mol. The number of urea groups is 1. The number of benzene rings is 2. The van der Waals surface area contributed by atoms with E-state index in [0.717, 1.165) is 11.1 Å². The number of fused-ring (bicyclic) bond motifs is 2. The lowest BCUT2D eigenvalue weighted by Gasteiger charge is -2.32. The first-order valence-electron chi connectivity index (χ1n) is 6.71. The molecule has 3 amide bonds. The Morgan fingerprint density at radius 3 is 2.05 bits per heavy atom. The maximum Gasteiger partial charge on any atom is 0.325 e. The van der Waals surface area contributed by atoms with Crippen molar-refractivity contribution in [2.75, 3.05) is 6.54 Å². The fourth-order valence-electron chi connectivity index (χ4n) is 2.86. The van der Waals surface area contributed by atoms with Gasteiger partial charge in [-0.25, -0.2) is 4.79 Å². The van der Waals surface area contributed by atoms with Gasteiger partial charge < -0.3 is 10.1 Å². The number of nitrogens with one attached hydrogen (secondary N) is 1. The minimum absolute atomic E-state index is 0.0422. The van der Waals surface area contributed by atoms with Crippen molar-refractivity contribution in [3.63, 3.8) is 0 Å². The Balaban J connectivity index is 1.93. The second-order valence-corrected chi connectivity index (χ2v) is 5.00. The standard InChI is InChI=1S/C16H12N2O3/c19-14-9-17-16(20)18(14)15-10-5-1-3-7-12(10)21-13-8-4-2-6-11(13)15/h1-8,15H,9H2,(H,17,20). The lowest BCUT2D eigenvalue weighted by atomic mass is 9.93. The summed E-state index contributed by atoms with van der Waals surface area (Å²) in [6.45, 7) is 0.0422. The molecule has 0 aliphatic carbocycles. The van der Waals surface area contributed by atoms with Crippen LogP contribution in [0.15, 0.2) is 48.5 Å². The molecule has 21 heavy (non-hydrogen) atoms. The highest BCUT2D eigenvalue weighted by molar-refractivity contribution is 6.03. The number of carbonyl (C=O) groups is 2. The van der Waals surface area contributed by atoms with Crippen molar-refractivity contribution in [2.24, 2.45) is 0 Å². The molecule has 104 valence electrons. The Labute approximate surface area is 121 Å². The van der Waals surface area contributed by atoms with Crippen molar-refractivity contribution in [3.8, 4) is 11.5 Å². The maximum absolute atomic E-state index is 12.1. The van der Waals surface area contributed by atoms with Gasteiger partial charge in [-0.1, -0.05) is 36.4 Å². The third kappa shape index (κ3) is 1.71. The summed E-state index contributed by atoms with van der Waals surface area (Å²) in [6, 6.07) is 14.1. The van der Waals surface area contributed by atoms with Crippen molar-refractivity contribution in [1.29, 1.82) is 0 Å². The third-order valence-corrected chi connectivity index (χ3v) is 3.78. The summed E-state index contributed by atoms with van der Waals surface area (Å²) in [5, 5.41) is 2.57. The number of rotatable bonds is 1. The summed E-state index contributed by atoms with van der Waals surface area (Å²) in [7, 11) is 0. The molecule has 0 saturated carbocycles.